The first-order valence-electron chi connectivity index (χ1n) is 4.74. The van der Waals surface area contributed by atoms with Crippen LogP contribution in [0.25, 0.3) is 11.3 Å². The van der Waals surface area contributed by atoms with E-state index in [1.54, 1.807) is 6.07 Å². The van der Waals surface area contributed by atoms with Gasteiger partial charge in [0.15, 0.2) is 0 Å². The predicted octanol–water partition coefficient (Wildman–Crippen LogP) is 3.72. The summed E-state index contributed by atoms with van der Waals surface area (Å²) < 4.78 is 5.48. The Labute approximate surface area is 98.0 Å². The van der Waals surface area contributed by atoms with Gasteiger partial charge in [0.2, 0.25) is 0 Å². The molecule has 0 radical (unpaired) electrons. The minimum Gasteiger partial charge on any atom is -0.455 e. The second-order valence-electron chi connectivity index (χ2n) is 3.41. The molecule has 0 amide bonds. The molecule has 0 aliphatic carbocycles. The van der Waals surface area contributed by atoms with Crippen LogP contribution in [0, 0.1) is 6.92 Å². The minimum atomic E-state index is 0.497. The van der Waals surface area contributed by atoms with Gasteiger partial charge in [-0.2, -0.15) is 0 Å². The van der Waals surface area contributed by atoms with Gasteiger partial charge in [-0.1, -0.05) is 22.8 Å². The van der Waals surface area contributed by atoms with Gasteiger partial charge in [-0.25, -0.2) is 0 Å². The molecule has 1 N–H and O–H groups in total. The maximum absolute atomic E-state index is 8.39. The summed E-state index contributed by atoms with van der Waals surface area (Å²) in [5.74, 6) is 1.20. The SMILES string of the molecule is Cc1ccc(Cl)cc1-c1ccc(/C=N\O)o1. The van der Waals surface area contributed by atoms with Crippen LogP contribution >= 0.6 is 11.6 Å². The van der Waals surface area contributed by atoms with Gasteiger partial charge in [0.1, 0.15) is 17.7 Å². The fourth-order valence-electron chi connectivity index (χ4n) is 1.48. The Bertz CT molecular complexity index is 532. The summed E-state index contributed by atoms with van der Waals surface area (Å²) in [6.45, 7) is 1.98. The van der Waals surface area contributed by atoms with E-state index < -0.39 is 0 Å². The van der Waals surface area contributed by atoms with Crippen LogP contribution in [-0.4, -0.2) is 11.4 Å². The Balaban J connectivity index is 2.45. The first-order chi connectivity index (χ1) is 7.70. The van der Waals surface area contributed by atoms with Crippen molar-refractivity contribution in [1.29, 1.82) is 0 Å². The highest BCUT2D eigenvalue weighted by Gasteiger charge is 2.07. The van der Waals surface area contributed by atoms with E-state index in [9.17, 15) is 0 Å². The average Bonchev–Trinajstić information content (AvgIpc) is 2.71. The number of hydrogen-bond donors (Lipinski definition) is 1. The zero-order valence-electron chi connectivity index (χ0n) is 8.64. The molecule has 0 saturated carbocycles. The molecular weight excluding hydrogens is 226 g/mol. The smallest absolute Gasteiger partial charge is 0.149 e. The standard InChI is InChI=1S/C12H10ClNO2/c1-8-2-3-9(13)6-11(8)12-5-4-10(16-12)7-14-15/h2-7,15H,1H3/b14-7-. The molecule has 3 nitrogen and oxygen atoms in total. The van der Waals surface area contributed by atoms with Gasteiger partial charge in [-0.3, -0.25) is 0 Å². The quantitative estimate of drug-likeness (QED) is 0.490. The van der Waals surface area contributed by atoms with Crippen molar-refractivity contribution in [3.63, 3.8) is 0 Å². The van der Waals surface area contributed by atoms with Crippen molar-refractivity contribution in [3.05, 3.63) is 46.7 Å². The third-order valence-electron chi connectivity index (χ3n) is 2.28. The summed E-state index contributed by atoms with van der Waals surface area (Å²) in [7, 11) is 0. The number of furan rings is 1. The van der Waals surface area contributed by atoms with Gasteiger partial charge in [0.25, 0.3) is 0 Å². The first kappa shape index (κ1) is 10.8. The fourth-order valence-corrected chi connectivity index (χ4v) is 1.66. The molecule has 0 spiro atoms. The molecule has 2 aromatic rings. The Morgan fingerprint density at radius 2 is 2.12 bits per heavy atom. The molecule has 4 heteroatoms. The van der Waals surface area contributed by atoms with E-state index in [1.807, 2.05) is 31.2 Å². The molecule has 16 heavy (non-hydrogen) atoms. The normalized spacial score (nSPS) is 11.1. The largest absolute Gasteiger partial charge is 0.455 e. The van der Waals surface area contributed by atoms with Crippen molar-refractivity contribution in [2.75, 3.05) is 0 Å². The Morgan fingerprint density at radius 1 is 1.31 bits per heavy atom. The number of aryl methyl sites for hydroxylation is 1. The van der Waals surface area contributed by atoms with Crippen molar-refractivity contribution in [2.45, 2.75) is 6.92 Å². The van der Waals surface area contributed by atoms with E-state index in [2.05, 4.69) is 5.16 Å². The van der Waals surface area contributed by atoms with E-state index in [1.165, 1.54) is 6.21 Å². The third-order valence-corrected chi connectivity index (χ3v) is 2.51. The molecule has 1 aromatic heterocycles. The van der Waals surface area contributed by atoms with Gasteiger partial charge in [0, 0.05) is 10.6 Å². The molecule has 1 aromatic carbocycles. The van der Waals surface area contributed by atoms with Crippen LogP contribution in [0.1, 0.15) is 11.3 Å². The number of rotatable bonds is 2. The van der Waals surface area contributed by atoms with Gasteiger partial charge < -0.3 is 9.62 Å². The number of hydrogen-bond acceptors (Lipinski definition) is 3. The highest BCUT2D eigenvalue weighted by atomic mass is 35.5. The number of nitrogens with zero attached hydrogens (tertiary/aromatic N) is 1. The van der Waals surface area contributed by atoms with E-state index in [4.69, 9.17) is 21.2 Å². The highest BCUT2D eigenvalue weighted by Crippen LogP contribution is 2.27. The summed E-state index contributed by atoms with van der Waals surface area (Å²) in [5.41, 5.74) is 2.01. The summed E-state index contributed by atoms with van der Waals surface area (Å²) in [6.07, 6.45) is 1.24. The van der Waals surface area contributed by atoms with Crippen LogP contribution < -0.4 is 0 Å². The van der Waals surface area contributed by atoms with E-state index in [0.29, 0.717) is 16.5 Å². The van der Waals surface area contributed by atoms with Crippen LogP contribution in [0.4, 0.5) is 0 Å². The van der Waals surface area contributed by atoms with Gasteiger partial charge >= 0.3 is 0 Å². The van der Waals surface area contributed by atoms with Gasteiger partial charge in [-0.05, 0) is 36.8 Å². The Morgan fingerprint density at radius 3 is 2.88 bits per heavy atom. The summed E-state index contributed by atoms with van der Waals surface area (Å²) >= 11 is 5.93. The van der Waals surface area contributed by atoms with Crippen molar-refractivity contribution in [2.24, 2.45) is 5.16 Å². The molecule has 0 saturated heterocycles. The lowest BCUT2D eigenvalue weighted by Crippen LogP contribution is -1.80. The maximum atomic E-state index is 8.39. The summed E-state index contributed by atoms with van der Waals surface area (Å²) in [5, 5.41) is 12.0. The lowest BCUT2D eigenvalue weighted by Gasteiger charge is -2.02. The van der Waals surface area contributed by atoms with E-state index >= 15 is 0 Å². The second kappa shape index (κ2) is 4.41. The van der Waals surface area contributed by atoms with Crippen LogP contribution in [0.5, 0.6) is 0 Å². The second-order valence-corrected chi connectivity index (χ2v) is 3.84. The number of oxime groups is 1. The van der Waals surface area contributed by atoms with Crippen molar-refractivity contribution < 1.29 is 9.62 Å². The zero-order valence-corrected chi connectivity index (χ0v) is 9.40. The number of halogens is 1. The molecule has 82 valence electrons. The molecule has 0 unspecified atom stereocenters. The number of benzene rings is 1. The van der Waals surface area contributed by atoms with Gasteiger partial charge in [-0.15, -0.1) is 0 Å². The summed E-state index contributed by atoms with van der Waals surface area (Å²) in [4.78, 5) is 0. The molecule has 0 aliphatic heterocycles. The predicted molar refractivity (Wildman–Crippen MR) is 63.3 cm³/mol. The van der Waals surface area contributed by atoms with Gasteiger partial charge in [0.05, 0.1) is 0 Å². The molecule has 1 heterocycles. The lowest BCUT2D eigenvalue weighted by atomic mass is 10.1. The Hall–Kier alpha value is -1.74. The molecule has 0 atom stereocenters. The minimum absolute atomic E-state index is 0.497. The monoisotopic (exact) mass is 235 g/mol. The highest BCUT2D eigenvalue weighted by molar-refractivity contribution is 6.30. The zero-order chi connectivity index (χ0) is 11.5. The molecular formula is C12H10ClNO2. The van der Waals surface area contributed by atoms with Crippen LogP contribution in [-0.2, 0) is 0 Å². The fraction of sp³-hybridized carbons (Fsp3) is 0.0833. The lowest BCUT2D eigenvalue weighted by molar-refractivity contribution is 0.321. The molecule has 0 bridgehead atoms. The maximum Gasteiger partial charge on any atom is 0.149 e. The molecule has 0 fully saturated rings. The van der Waals surface area contributed by atoms with Crippen LogP contribution in [0.3, 0.4) is 0 Å². The summed E-state index contributed by atoms with van der Waals surface area (Å²) in [6, 6.07) is 9.15. The average molecular weight is 236 g/mol. The molecule has 0 aliphatic rings. The van der Waals surface area contributed by atoms with E-state index in [-0.39, 0.29) is 0 Å². The van der Waals surface area contributed by atoms with Crippen LogP contribution in [0.15, 0.2) is 39.9 Å². The third kappa shape index (κ3) is 2.09. The van der Waals surface area contributed by atoms with Crippen LogP contribution in [0.2, 0.25) is 5.02 Å². The Kier molecular flexibility index (Phi) is 2.97. The van der Waals surface area contributed by atoms with Crippen molar-refractivity contribution in [3.8, 4) is 11.3 Å². The van der Waals surface area contributed by atoms with E-state index in [0.717, 1.165) is 11.1 Å². The first-order valence-corrected chi connectivity index (χ1v) is 5.12. The van der Waals surface area contributed by atoms with Crippen molar-refractivity contribution in [1.82, 2.24) is 0 Å². The topological polar surface area (TPSA) is 45.7 Å². The molecule has 2 rings (SSSR count). The van der Waals surface area contributed by atoms with Crippen molar-refractivity contribution >= 4 is 17.8 Å².